The Hall–Kier alpha value is -2.18. The molecule has 9 nitrogen and oxygen atoms in total. The van der Waals surface area contributed by atoms with Crippen LogP contribution in [-0.2, 0) is 28.6 Å². The van der Waals surface area contributed by atoms with Crippen molar-refractivity contribution < 1.29 is 33.7 Å². The zero-order valence-corrected chi connectivity index (χ0v) is 25.6. The number of nitrogens with one attached hydrogen (secondary N) is 1. The molecule has 12 heteroatoms. The van der Waals surface area contributed by atoms with Crippen LogP contribution in [0.2, 0.25) is 5.02 Å². The van der Waals surface area contributed by atoms with Gasteiger partial charge in [-0.2, -0.15) is 0 Å². The van der Waals surface area contributed by atoms with Gasteiger partial charge in [0.05, 0.1) is 49.7 Å². The standard InChI is InChI=1S/C20H25ClN2O5.C8H14O2S2/c1-4-28-20(25)18-15(11-27-10-9-22)23-12(2)16(19(24)26-3)17(18)13-7-5-6-8-14(13)21;9-8(10)4-2-1-3-7-5-6-11-12-7/h5-8,17,23H,4,9-11,22H2,1-3H3;7H,1-6H2,(H,9,10)/t17-;7-/m00/s1. The lowest BCUT2D eigenvalue weighted by molar-refractivity contribution is -0.139. The zero-order valence-electron chi connectivity index (χ0n) is 23.2. The number of aliphatic carboxylic acids is 1. The molecule has 2 aliphatic rings. The molecular formula is C28H39ClN2O7S2. The summed E-state index contributed by atoms with van der Waals surface area (Å²) >= 11 is 6.42. The first-order valence-corrected chi connectivity index (χ1v) is 16.0. The van der Waals surface area contributed by atoms with Gasteiger partial charge in [0.25, 0.3) is 0 Å². The molecule has 1 aromatic rings. The van der Waals surface area contributed by atoms with Gasteiger partial charge >= 0.3 is 17.9 Å². The van der Waals surface area contributed by atoms with Crippen molar-refractivity contribution >= 4 is 51.1 Å². The third kappa shape index (κ3) is 10.3. The lowest BCUT2D eigenvalue weighted by Crippen LogP contribution is -2.35. The van der Waals surface area contributed by atoms with E-state index < -0.39 is 23.8 Å². The van der Waals surface area contributed by atoms with E-state index in [9.17, 15) is 14.4 Å². The van der Waals surface area contributed by atoms with Crippen LogP contribution in [0.25, 0.3) is 0 Å². The van der Waals surface area contributed by atoms with Gasteiger partial charge in [0.1, 0.15) is 0 Å². The number of esters is 2. The van der Waals surface area contributed by atoms with Crippen LogP contribution in [0.15, 0.2) is 46.8 Å². The summed E-state index contributed by atoms with van der Waals surface area (Å²) in [7, 11) is 5.21. The molecule has 2 aliphatic heterocycles. The number of allylic oxidation sites excluding steroid dienone is 1. The lowest BCUT2D eigenvalue weighted by atomic mass is 9.80. The highest BCUT2D eigenvalue weighted by Gasteiger charge is 2.39. The summed E-state index contributed by atoms with van der Waals surface area (Å²) in [6.07, 6.45) is 4.76. The molecule has 1 fully saturated rings. The number of carbonyl (C=O) groups excluding carboxylic acids is 2. The normalized spacial score (nSPS) is 18.5. The molecule has 0 spiro atoms. The first-order valence-electron chi connectivity index (χ1n) is 13.2. The fraction of sp³-hybridized carbons (Fsp3) is 0.536. The van der Waals surface area contributed by atoms with Crippen LogP contribution in [0.3, 0.4) is 0 Å². The Morgan fingerprint density at radius 3 is 2.52 bits per heavy atom. The lowest BCUT2D eigenvalue weighted by Gasteiger charge is -2.31. The van der Waals surface area contributed by atoms with Crippen LogP contribution in [0, 0.1) is 0 Å². The number of methoxy groups -OCH3 is 1. The van der Waals surface area contributed by atoms with Gasteiger partial charge in [-0.3, -0.25) is 4.79 Å². The van der Waals surface area contributed by atoms with Crippen LogP contribution in [0.5, 0.6) is 0 Å². The van der Waals surface area contributed by atoms with Crippen LogP contribution < -0.4 is 11.1 Å². The minimum Gasteiger partial charge on any atom is -0.481 e. The van der Waals surface area contributed by atoms with Crippen molar-refractivity contribution in [2.45, 2.75) is 57.1 Å². The van der Waals surface area contributed by atoms with Crippen LogP contribution in [0.1, 0.15) is 57.4 Å². The number of halogens is 1. The first-order chi connectivity index (χ1) is 19.2. The maximum atomic E-state index is 12.9. The van der Waals surface area contributed by atoms with Gasteiger partial charge in [-0.1, -0.05) is 57.8 Å². The molecule has 4 N–H and O–H groups in total. The molecule has 0 aromatic heterocycles. The SMILES string of the molecule is CCOC(=O)C1=C(COCCN)NC(C)=C(C(=O)OC)[C@@H]1c1ccccc1Cl.O=C(O)CCCC[C@H]1CCSS1. The Balaban J connectivity index is 0.000000389. The van der Waals surface area contributed by atoms with Gasteiger partial charge in [0.2, 0.25) is 0 Å². The number of hydrogen-bond acceptors (Lipinski definition) is 10. The molecule has 0 amide bonds. The quantitative estimate of drug-likeness (QED) is 0.156. The van der Waals surface area contributed by atoms with E-state index in [2.05, 4.69) is 5.32 Å². The summed E-state index contributed by atoms with van der Waals surface area (Å²) in [5.41, 5.74) is 7.70. The molecule has 1 aromatic carbocycles. The highest BCUT2D eigenvalue weighted by molar-refractivity contribution is 8.77. The van der Waals surface area contributed by atoms with E-state index >= 15 is 0 Å². The third-order valence-electron chi connectivity index (χ3n) is 6.16. The zero-order chi connectivity index (χ0) is 29.5. The van der Waals surface area contributed by atoms with Crippen LogP contribution in [-0.4, -0.2) is 67.5 Å². The Kier molecular flexibility index (Phi) is 15.6. The minimum atomic E-state index is -0.752. The molecule has 0 radical (unpaired) electrons. The number of unbranched alkanes of at least 4 members (excludes halogenated alkanes) is 1. The molecule has 222 valence electrons. The smallest absolute Gasteiger partial charge is 0.336 e. The van der Waals surface area contributed by atoms with Gasteiger partial charge in [-0.25, -0.2) is 9.59 Å². The summed E-state index contributed by atoms with van der Waals surface area (Å²) in [4.78, 5) is 35.6. The summed E-state index contributed by atoms with van der Waals surface area (Å²) in [5, 5.41) is 12.7. The number of rotatable bonds is 13. The average molecular weight is 615 g/mol. The van der Waals surface area contributed by atoms with E-state index in [1.54, 1.807) is 38.1 Å². The van der Waals surface area contributed by atoms with Crippen molar-refractivity contribution in [3.63, 3.8) is 0 Å². The molecule has 0 bridgehead atoms. The maximum absolute atomic E-state index is 12.9. The Bertz CT molecular complexity index is 1070. The Labute approximate surface area is 249 Å². The molecule has 1 saturated heterocycles. The van der Waals surface area contributed by atoms with Crippen molar-refractivity contribution in [3.8, 4) is 0 Å². The van der Waals surface area contributed by atoms with E-state index in [1.165, 1.54) is 25.7 Å². The van der Waals surface area contributed by atoms with Gasteiger partial charge in [0, 0.05) is 34.7 Å². The largest absolute Gasteiger partial charge is 0.481 e. The third-order valence-corrected chi connectivity index (χ3v) is 9.52. The van der Waals surface area contributed by atoms with Crippen molar-refractivity contribution in [1.82, 2.24) is 5.32 Å². The Morgan fingerprint density at radius 1 is 1.18 bits per heavy atom. The van der Waals surface area contributed by atoms with Crippen molar-refractivity contribution in [3.05, 3.63) is 57.4 Å². The second-order valence-electron chi connectivity index (χ2n) is 9.03. The van der Waals surface area contributed by atoms with Crippen molar-refractivity contribution in [2.75, 3.05) is 39.2 Å². The first kappa shape index (κ1) is 34.0. The van der Waals surface area contributed by atoms with Crippen molar-refractivity contribution in [2.24, 2.45) is 5.73 Å². The average Bonchev–Trinajstić information content (AvgIpc) is 3.45. The predicted molar refractivity (Wildman–Crippen MR) is 160 cm³/mol. The van der Waals surface area contributed by atoms with E-state index in [-0.39, 0.29) is 18.8 Å². The summed E-state index contributed by atoms with van der Waals surface area (Å²) in [6, 6.07) is 7.05. The molecule has 0 saturated carbocycles. The van der Waals surface area contributed by atoms with E-state index in [0.717, 1.165) is 18.1 Å². The number of carboxylic acids is 1. The number of nitrogens with two attached hydrogens (primary N) is 1. The second-order valence-corrected chi connectivity index (χ2v) is 12.2. The molecule has 0 unspecified atom stereocenters. The van der Waals surface area contributed by atoms with E-state index in [1.807, 2.05) is 21.6 Å². The fourth-order valence-electron chi connectivity index (χ4n) is 4.33. The molecule has 0 aliphatic carbocycles. The summed E-state index contributed by atoms with van der Waals surface area (Å²) in [6.45, 7) is 4.42. The topological polar surface area (TPSA) is 137 Å². The second kappa shape index (κ2) is 18.3. The number of carbonyl (C=O) groups is 3. The van der Waals surface area contributed by atoms with Gasteiger partial charge < -0.3 is 30.4 Å². The van der Waals surface area contributed by atoms with Crippen LogP contribution >= 0.6 is 33.2 Å². The molecule has 40 heavy (non-hydrogen) atoms. The van der Waals surface area contributed by atoms with Gasteiger partial charge in [-0.05, 0) is 44.7 Å². The molecular weight excluding hydrogens is 576 g/mol. The van der Waals surface area contributed by atoms with E-state index in [0.29, 0.717) is 47.1 Å². The monoisotopic (exact) mass is 614 g/mol. The molecule has 2 atom stereocenters. The highest BCUT2D eigenvalue weighted by atomic mass is 35.5. The number of hydrogen-bond donors (Lipinski definition) is 3. The van der Waals surface area contributed by atoms with E-state index in [4.69, 9.17) is 36.7 Å². The number of benzene rings is 1. The van der Waals surface area contributed by atoms with Crippen LogP contribution in [0.4, 0.5) is 0 Å². The Morgan fingerprint density at radius 2 is 1.93 bits per heavy atom. The fourth-order valence-corrected chi connectivity index (χ4v) is 7.60. The minimum absolute atomic E-state index is 0.109. The summed E-state index contributed by atoms with van der Waals surface area (Å²) < 4.78 is 15.8. The molecule has 2 heterocycles. The maximum Gasteiger partial charge on any atom is 0.336 e. The number of carboxylic acid groups (broad SMARTS) is 1. The number of ether oxygens (including phenoxy) is 3. The van der Waals surface area contributed by atoms with Gasteiger partial charge in [-0.15, -0.1) is 0 Å². The van der Waals surface area contributed by atoms with Crippen molar-refractivity contribution in [1.29, 1.82) is 0 Å². The predicted octanol–water partition coefficient (Wildman–Crippen LogP) is 5.05. The highest BCUT2D eigenvalue weighted by Crippen LogP contribution is 2.42. The van der Waals surface area contributed by atoms with Gasteiger partial charge in [0.15, 0.2) is 0 Å². The summed E-state index contributed by atoms with van der Waals surface area (Å²) in [5.74, 6) is -1.26. The number of dihydropyridines is 1. The molecule has 3 rings (SSSR count).